The SMILES string of the molecule is CC(C)(C)[C@H](NC=O)C(=O)N1CCC[C@H]1C=O. The van der Waals surface area contributed by atoms with Crippen LogP contribution in [0.3, 0.4) is 0 Å². The third-order valence-corrected chi connectivity index (χ3v) is 3.09. The smallest absolute Gasteiger partial charge is 0.246 e. The van der Waals surface area contributed by atoms with Crippen LogP contribution in [0.25, 0.3) is 0 Å². The molecule has 0 aromatic heterocycles. The zero-order valence-electron chi connectivity index (χ0n) is 10.6. The second-order valence-corrected chi connectivity index (χ2v) is 5.46. The zero-order valence-corrected chi connectivity index (χ0v) is 10.6. The molecule has 1 aliphatic heterocycles. The first-order chi connectivity index (χ1) is 7.91. The molecule has 17 heavy (non-hydrogen) atoms. The van der Waals surface area contributed by atoms with Crippen molar-refractivity contribution in [2.24, 2.45) is 5.41 Å². The summed E-state index contributed by atoms with van der Waals surface area (Å²) in [6.45, 7) is 6.25. The van der Waals surface area contributed by atoms with E-state index >= 15 is 0 Å². The Morgan fingerprint density at radius 1 is 1.41 bits per heavy atom. The Morgan fingerprint density at radius 2 is 2.06 bits per heavy atom. The van der Waals surface area contributed by atoms with Crippen molar-refractivity contribution < 1.29 is 14.4 Å². The maximum absolute atomic E-state index is 12.3. The summed E-state index contributed by atoms with van der Waals surface area (Å²) in [4.78, 5) is 35.3. The fraction of sp³-hybridized carbons (Fsp3) is 0.750. The van der Waals surface area contributed by atoms with Gasteiger partial charge in [-0.2, -0.15) is 0 Å². The predicted octanol–water partition coefficient (Wildman–Crippen LogP) is 0.337. The Morgan fingerprint density at radius 3 is 2.53 bits per heavy atom. The predicted molar refractivity (Wildman–Crippen MR) is 63.2 cm³/mol. The highest BCUT2D eigenvalue weighted by Crippen LogP contribution is 2.24. The maximum Gasteiger partial charge on any atom is 0.246 e. The molecule has 0 aromatic carbocycles. The molecule has 1 rings (SSSR count). The van der Waals surface area contributed by atoms with Crippen molar-refractivity contribution >= 4 is 18.6 Å². The van der Waals surface area contributed by atoms with Crippen molar-refractivity contribution in [1.29, 1.82) is 0 Å². The number of nitrogens with zero attached hydrogens (tertiary/aromatic N) is 1. The lowest BCUT2D eigenvalue weighted by Gasteiger charge is -2.33. The fourth-order valence-electron chi connectivity index (χ4n) is 2.13. The fourth-order valence-corrected chi connectivity index (χ4v) is 2.13. The number of amides is 2. The molecule has 1 saturated heterocycles. The van der Waals surface area contributed by atoms with Crippen LogP contribution in [-0.4, -0.2) is 42.1 Å². The van der Waals surface area contributed by atoms with Gasteiger partial charge in [-0.3, -0.25) is 9.59 Å². The molecule has 1 aliphatic rings. The van der Waals surface area contributed by atoms with Crippen LogP contribution in [0, 0.1) is 5.41 Å². The monoisotopic (exact) mass is 240 g/mol. The summed E-state index contributed by atoms with van der Waals surface area (Å²) in [5.41, 5.74) is -0.367. The number of hydrogen-bond acceptors (Lipinski definition) is 3. The average Bonchev–Trinajstić information content (AvgIpc) is 2.71. The van der Waals surface area contributed by atoms with Gasteiger partial charge in [0.15, 0.2) is 0 Å². The summed E-state index contributed by atoms with van der Waals surface area (Å²) in [6, 6.07) is -0.915. The second kappa shape index (κ2) is 5.29. The average molecular weight is 240 g/mol. The van der Waals surface area contributed by atoms with Crippen molar-refractivity contribution in [1.82, 2.24) is 10.2 Å². The Bertz CT molecular complexity index is 309. The summed E-state index contributed by atoms with van der Waals surface area (Å²) in [7, 11) is 0. The normalized spacial score (nSPS) is 22.1. The lowest BCUT2D eigenvalue weighted by molar-refractivity contribution is -0.140. The van der Waals surface area contributed by atoms with Gasteiger partial charge in [-0.25, -0.2) is 0 Å². The standard InChI is InChI=1S/C12H20N2O3/c1-12(2,3)10(13-8-16)11(17)14-6-4-5-9(14)7-15/h7-10H,4-6H2,1-3H3,(H,13,16)/t9-,10+/m0/s1. The van der Waals surface area contributed by atoms with E-state index in [-0.39, 0.29) is 17.4 Å². The minimum Gasteiger partial charge on any atom is -0.346 e. The van der Waals surface area contributed by atoms with Crippen LogP contribution in [0.5, 0.6) is 0 Å². The quantitative estimate of drug-likeness (QED) is 0.720. The van der Waals surface area contributed by atoms with Crippen LogP contribution in [0.1, 0.15) is 33.6 Å². The highest BCUT2D eigenvalue weighted by atomic mass is 16.2. The summed E-state index contributed by atoms with van der Waals surface area (Å²) >= 11 is 0. The van der Waals surface area contributed by atoms with Crippen LogP contribution in [0.4, 0.5) is 0 Å². The van der Waals surface area contributed by atoms with E-state index in [2.05, 4.69) is 5.32 Å². The summed E-state index contributed by atoms with van der Waals surface area (Å²) in [5, 5.41) is 2.56. The number of nitrogens with one attached hydrogen (secondary N) is 1. The van der Waals surface area contributed by atoms with Crippen LogP contribution in [0.2, 0.25) is 0 Å². The van der Waals surface area contributed by atoms with E-state index in [1.165, 1.54) is 0 Å². The van der Waals surface area contributed by atoms with Gasteiger partial charge in [0.1, 0.15) is 12.3 Å². The largest absolute Gasteiger partial charge is 0.346 e. The molecule has 1 fully saturated rings. The number of hydrogen-bond donors (Lipinski definition) is 1. The number of carbonyl (C=O) groups excluding carboxylic acids is 3. The summed E-state index contributed by atoms with van der Waals surface area (Å²) < 4.78 is 0. The molecule has 0 aromatic rings. The Balaban J connectivity index is 2.84. The van der Waals surface area contributed by atoms with Crippen LogP contribution >= 0.6 is 0 Å². The van der Waals surface area contributed by atoms with Gasteiger partial charge < -0.3 is 15.0 Å². The first-order valence-electron chi connectivity index (χ1n) is 5.87. The van der Waals surface area contributed by atoms with E-state index in [9.17, 15) is 14.4 Å². The van der Waals surface area contributed by atoms with Crippen molar-refractivity contribution in [2.45, 2.75) is 45.7 Å². The van der Waals surface area contributed by atoms with Gasteiger partial charge in [0.05, 0.1) is 6.04 Å². The van der Waals surface area contributed by atoms with Crippen LogP contribution in [0.15, 0.2) is 0 Å². The molecule has 2 amide bonds. The van der Waals surface area contributed by atoms with Crippen molar-refractivity contribution in [3.8, 4) is 0 Å². The van der Waals surface area contributed by atoms with Crippen molar-refractivity contribution in [2.75, 3.05) is 6.54 Å². The molecule has 0 unspecified atom stereocenters. The Labute approximate surface area is 102 Å². The molecule has 1 heterocycles. The highest BCUT2D eigenvalue weighted by molar-refractivity contribution is 5.87. The minimum absolute atomic E-state index is 0.167. The van der Waals surface area contributed by atoms with E-state index in [0.29, 0.717) is 19.4 Å². The van der Waals surface area contributed by atoms with Gasteiger partial charge in [-0.15, -0.1) is 0 Å². The Hall–Kier alpha value is -1.39. The van der Waals surface area contributed by atoms with E-state index in [4.69, 9.17) is 0 Å². The third kappa shape index (κ3) is 3.05. The zero-order chi connectivity index (χ0) is 13.1. The minimum atomic E-state index is -0.583. The van der Waals surface area contributed by atoms with Crippen molar-refractivity contribution in [3.05, 3.63) is 0 Å². The number of rotatable bonds is 4. The number of likely N-dealkylation sites (tertiary alicyclic amines) is 1. The molecular weight excluding hydrogens is 220 g/mol. The first kappa shape index (κ1) is 13.7. The lowest BCUT2D eigenvalue weighted by Crippen LogP contribution is -2.54. The summed E-state index contributed by atoms with van der Waals surface area (Å²) in [5.74, 6) is -0.167. The highest BCUT2D eigenvalue weighted by Gasteiger charge is 2.38. The van der Waals surface area contributed by atoms with Gasteiger partial charge in [-0.1, -0.05) is 20.8 Å². The summed E-state index contributed by atoms with van der Waals surface area (Å²) in [6.07, 6.45) is 2.91. The molecule has 0 aliphatic carbocycles. The molecule has 5 nitrogen and oxygen atoms in total. The van der Waals surface area contributed by atoms with E-state index in [1.54, 1.807) is 4.90 Å². The Kier molecular flexibility index (Phi) is 4.26. The molecule has 96 valence electrons. The van der Waals surface area contributed by atoms with E-state index in [0.717, 1.165) is 12.7 Å². The van der Waals surface area contributed by atoms with Crippen LogP contribution < -0.4 is 5.32 Å². The first-order valence-corrected chi connectivity index (χ1v) is 5.87. The molecule has 5 heteroatoms. The number of aldehydes is 1. The van der Waals surface area contributed by atoms with Gasteiger partial charge in [0.25, 0.3) is 0 Å². The van der Waals surface area contributed by atoms with E-state index in [1.807, 2.05) is 20.8 Å². The van der Waals surface area contributed by atoms with Gasteiger partial charge in [-0.05, 0) is 18.3 Å². The molecule has 0 bridgehead atoms. The van der Waals surface area contributed by atoms with Gasteiger partial charge in [0.2, 0.25) is 12.3 Å². The number of carbonyl (C=O) groups is 3. The molecular formula is C12H20N2O3. The van der Waals surface area contributed by atoms with Crippen LogP contribution in [-0.2, 0) is 14.4 Å². The molecule has 2 atom stereocenters. The molecule has 0 saturated carbocycles. The van der Waals surface area contributed by atoms with Gasteiger partial charge >= 0.3 is 0 Å². The lowest BCUT2D eigenvalue weighted by atomic mass is 9.86. The molecule has 1 N–H and O–H groups in total. The van der Waals surface area contributed by atoms with Crippen molar-refractivity contribution in [3.63, 3.8) is 0 Å². The maximum atomic E-state index is 12.3. The topological polar surface area (TPSA) is 66.5 Å². The van der Waals surface area contributed by atoms with E-state index < -0.39 is 6.04 Å². The van der Waals surface area contributed by atoms with Gasteiger partial charge in [0, 0.05) is 6.54 Å². The second-order valence-electron chi connectivity index (χ2n) is 5.46. The molecule has 0 spiro atoms. The third-order valence-electron chi connectivity index (χ3n) is 3.09. The molecule has 0 radical (unpaired) electrons.